The van der Waals surface area contributed by atoms with Gasteiger partial charge in [-0.25, -0.2) is 0 Å². The van der Waals surface area contributed by atoms with Gasteiger partial charge >= 0.3 is 0 Å². The van der Waals surface area contributed by atoms with Gasteiger partial charge in [0.05, 0.1) is 5.38 Å². The van der Waals surface area contributed by atoms with Gasteiger partial charge in [-0.3, -0.25) is 0 Å². The Morgan fingerprint density at radius 1 is 1.18 bits per heavy atom. The summed E-state index contributed by atoms with van der Waals surface area (Å²) in [5, 5.41) is 0.578. The van der Waals surface area contributed by atoms with Crippen molar-refractivity contribution in [2.75, 3.05) is 0 Å². The maximum atomic E-state index is 6.54. The van der Waals surface area contributed by atoms with Crippen LogP contribution >= 0.6 is 50.5 Å². The predicted octanol–water partition coefficient (Wildman–Crippen LogP) is 6.11. The highest BCUT2D eigenvalue weighted by Crippen LogP contribution is 2.38. The lowest BCUT2D eigenvalue weighted by atomic mass is 10.1. The Morgan fingerprint density at radius 3 is 2.41 bits per heavy atom. The molecule has 0 saturated carbocycles. The molecule has 2 rings (SSSR count). The Balaban J connectivity index is 2.43. The van der Waals surface area contributed by atoms with E-state index < -0.39 is 0 Å². The summed E-state index contributed by atoms with van der Waals surface area (Å²) in [4.78, 5) is 2.55. The second-order valence-electron chi connectivity index (χ2n) is 3.90. The van der Waals surface area contributed by atoms with E-state index in [1.165, 1.54) is 15.3 Å². The average molecular weight is 350 g/mol. The molecular weight excluding hydrogens is 339 g/mol. The van der Waals surface area contributed by atoms with Crippen molar-refractivity contribution in [2.45, 2.75) is 19.2 Å². The topological polar surface area (TPSA) is 0 Å². The van der Waals surface area contributed by atoms with Crippen LogP contribution in [-0.2, 0) is 0 Å². The van der Waals surface area contributed by atoms with Gasteiger partial charge < -0.3 is 0 Å². The second kappa shape index (κ2) is 5.31. The molecule has 0 amide bonds. The Kier molecular flexibility index (Phi) is 4.19. The number of rotatable bonds is 2. The van der Waals surface area contributed by atoms with Crippen LogP contribution in [0.25, 0.3) is 0 Å². The molecule has 0 bridgehead atoms. The van der Waals surface area contributed by atoms with Crippen molar-refractivity contribution < 1.29 is 0 Å². The molecule has 0 aliphatic heterocycles. The van der Waals surface area contributed by atoms with Crippen LogP contribution in [0, 0.1) is 13.8 Å². The van der Waals surface area contributed by atoms with Crippen LogP contribution in [0.5, 0.6) is 0 Å². The monoisotopic (exact) mass is 348 g/mol. The molecule has 1 heterocycles. The number of hydrogen-bond acceptors (Lipinski definition) is 1. The first-order chi connectivity index (χ1) is 7.99. The predicted molar refractivity (Wildman–Crippen MR) is 80.6 cm³/mol. The minimum absolute atomic E-state index is 0.133. The third kappa shape index (κ3) is 2.87. The summed E-state index contributed by atoms with van der Waals surface area (Å²) in [6.45, 7) is 4.20. The van der Waals surface area contributed by atoms with E-state index in [4.69, 9.17) is 23.2 Å². The van der Waals surface area contributed by atoms with Gasteiger partial charge in [0, 0.05) is 19.2 Å². The van der Waals surface area contributed by atoms with Crippen LogP contribution in [0.15, 0.2) is 28.7 Å². The van der Waals surface area contributed by atoms with Crippen LogP contribution in [0.2, 0.25) is 5.02 Å². The molecule has 1 aromatic heterocycles. The smallest absolute Gasteiger partial charge is 0.0857 e. The zero-order valence-electron chi connectivity index (χ0n) is 9.43. The number of alkyl halides is 1. The summed E-state index contributed by atoms with van der Waals surface area (Å²) < 4.78 is 0.952. The number of benzene rings is 1. The average Bonchev–Trinajstić information content (AvgIpc) is 2.57. The molecular formula is C13H11BrCl2S. The van der Waals surface area contributed by atoms with E-state index in [0.29, 0.717) is 5.02 Å². The molecule has 2 aromatic rings. The highest BCUT2D eigenvalue weighted by Gasteiger charge is 2.17. The van der Waals surface area contributed by atoms with Crippen LogP contribution in [0.1, 0.15) is 26.3 Å². The first kappa shape index (κ1) is 13.4. The molecule has 90 valence electrons. The first-order valence-corrected chi connectivity index (χ1v) is 7.57. The molecule has 0 saturated heterocycles. The summed E-state index contributed by atoms with van der Waals surface area (Å²) in [6.07, 6.45) is 0. The molecule has 1 atom stereocenters. The van der Waals surface area contributed by atoms with Gasteiger partial charge in [-0.15, -0.1) is 22.9 Å². The molecule has 0 nitrogen and oxygen atoms in total. The third-order valence-electron chi connectivity index (χ3n) is 2.59. The number of aryl methyl sites for hydroxylation is 2. The SMILES string of the molecule is Cc1cc(C(Cl)c2ccc(Cl)cc2Br)c(C)s1. The number of hydrogen-bond donors (Lipinski definition) is 0. The maximum absolute atomic E-state index is 6.54. The molecule has 4 heteroatoms. The van der Waals surface area contributed by atoms with Gasteiger partial charge in [0.1, 0.15) is 0 Å². The molecule has 0 N–H and O–H groups in total. The van der Waals surface area contributed by atoms with E-state index in [1.807, 2.05) is 18.2 Å². The van der Waals surface area contributed by atoms with Crippen molar-refractivity contribution in [3.63, 3.8) is 0 Å². The van der Waals surface area contributed by atoms with Crippen molar-refractivity contribution in [3.05, 3.63) is 54.6 Å². The quantitative estimate of drug-likeness (QED) is 0.574. The first-order valence-electron chi connectivity index (χ1n) is 5.15. The fraction of sp³-hybridized carbons (Fsp3) is 0.231. The van der Waals surface area contributed by atoms with Crippen LogP contribution in [-0.4, -0.2) is 0 Å². The van der Waals surface area contributed by atoms with Gasteiger partial charge in [0.15, 0.2) is 0 Å². The molecule has 0 aliphatic carbocycles. The lowest BCUT2D eigenvalue weighted by molar-refractivity contribution is 1.12. The van der Waals surface area contributed by atoms with Gasteiger partial charge in [-0.05, 0) is 43.2 Å². The minimum Gasteiger partial charge on any atom is -0.146 e. The van der Waals surface area contributed by atoms with Gasteiger partial charge in [-0.1, -0.05) is 33.6 Å². The van der Waals surface area contributed by atoms with E-state index in [9.17, 15) is 0 Å². The van der Waals surface area contributed by atoms with Gasteiger partial charge in [0.25, 0.3) is 0 Å². The van der Waals surface area contributed by atoms with E-state index in [-0.39, 0.29) is 5.38 Å². The van der Waals surface area contributed by atoms with Gasteiger partial charge in [0.2, 0.25) is 0 Å². The Morgan fingerprint density at radius 2 is 1.88 bits per heavy atom. The molecule has 0 fully saturated rings. The van der Waals surface area contributed by atoms with Crippen LogP contribution in [0.3, 0.4) is 0 Å². The Bertz CT molecular complexity index is 548. The van der Waals surface area contributed by atoms with Crippen LogP contribution in [0.4, 0.5) is 0 Å². The zero-order valence-corrected chi connectivity index (χ0v) is 13.3. The second-order valence-corrected chi connectivity index (χ2v) is 7.08. The largest absolute Gasteiger partial charge is 0.146 e. The minimum atomic E-state index is -0.133. The van der Waals surface area contributed by atoms with E-state index in [1.54, 1.807) is 11.3 Å². The van der Waals surface area contributed by atoms with Gasteiger partial charge in [-0.2, -0.15) is 0 Å². The summed E-state index contributed by atoms with van der Waals surface area (Å²) in [5.74, 6) is 0. The Labute approximate surface area is 124 Å². The normalized spacial score (nSPS) is 12.8. The lowest BCUT2D eigenvalue weighted by Crippen LogP contribution is -1.94. The van der Waals surface area contributed by atoms with E-state index in [2.05, 4.69) is 35.8 Å². The molecule has 17 heavy (non-hydrogen) atoms. The number of thiophene rings is 1. The van der Waals surface area contributed by atoms with Crippen LogP contribution < -0.4 is 0 Å². The standard InChI is InChI=1S/C13H11BrCl2S/c1-7-5-11(8(2)17-7)13(16)10-4-3-9(15)6-12(10)14/h3-6,13H,1-2H3. The third-order valence-corrected chi connectivity index (χ3v) is 4.96. The van der Waals surface area contributed by atoms with Crippen molar-refractivity contribution in [1.29, 1.82) is 0 Å². The fourth-order valence-corrected chi connectivity index (χ4v) is 4.27. The van der Waals surface area contributed by atoms with Crippen molar-refractivity contribution in [3.8, 4) is 0 Å². The van der Waals surface area contributed by atoms with Crippen molar-refractivity contribution in [2.24, 2.45) is 0 Å². The molecule has 0 radical (unpaired) electrons. The Hall–Kier alpha value is -0.0200. The summed E-state index contributed by atoms with van der Waals surface area (Å²) in [6, 6.07) is 7.86. The summed E-state index contributed by atoms with van der Waals surface area (Å²) in [5.41, 5.74) is 2.23. The van der Waals surface area contributed by atoms with E-state index >= 15 is 0 Å². The molecule has 1 aromatic carbocycles. The summed E-state index contributed by atoms with van der Waals surface area (Å²) in [7, 11) is 0. The maximum Gasteiger partial charge on any atom is 0.0857 e. The molecule has 0 aliphatic rings. The molecule has 1 unspecified atom stereocenters. The highest BCUT2D eigenvalue weighted by atomic mass is 79.9. The number of halogens is 3. The van der Waals surface area contributed by atoms with Crippen molar-refractivity contribution >= 4 is 50.5 Å². The lowest BCUT2D eigenvalue weighted by Gasteiger charge is -2.12. The molecule has 0 spiro atoms. The highest BCUT2D eigenvalue weighted by molar-refractivity contribution is 9.10. The van der Waals surface area contributed by atoms with E-state index in [0.717, 1.165) is 10.0 Å². The zero-order chi connectivity index (χ0) is 12.6. The summed E-state index contributed by atoms with van der Waals surface area (Å²) >= 11 is 17.8. The van der Waals surface area contributed by atoms with Crippen molar-refractivity contribution in [1.82, 2.24) is 0 Å². The fourth-order valence-electron chi connectivity index (χ4n) is 1.78.